The molecule has 4 N–H and O–H groups in total. The molecule has 0 aliphatic heterocycles. The first-order valence-corrected chi connectivity index (χ1v) is 4.82. The number of aliphatic carboxylic acids is 1. The molecule has 88 valence electrons. The van der Waals surface area contributed by atoms with Crippen molar-refractivity contribution in [3.05, 3.63) is 18.2 Å². The summed E-state index contributed by atoms with van der Waals surface area (Å²) in [7, 11) is 0. The van der Waals surface area contributed by atoms with Gasteiger partial charge in [0.05, 0.1) is 12.5 Å². The lowest BCUT2D eigenvalue weighted by molar-refractivity contribution is -0.140. The number of carboxylic acid groups (broad SMARTS) is 1. The number of hydrogen-bond acceptors (Lipinski definition) is 3. The highest BCUT2D eigenvalue weighted by molar-refractivity contribution is 5.75. The van der Waals surface area contributed by atoms with E-state index in [0.717, 1.165) is 0 Å². The molecule has 0 aliphatic rings. The molecule has 0 spiro atoms. The molecular weight excluding hydrogens is 212 g/mol. The zero-order chi connectivity index (χ0) is 12.0. The van der Waals surface area contributed by atoms with Crippen molar-refractivity contribution in [2.24, 2.45) is 5.92 Å². The van der Waals surface area contributed by atoms with Crippen molar-refractivity contribution in [3.63, 3.8) is 0 Å². The van der Waals surface area contributed by atoms with Gasteiger partial charge in [0.25, 0.3) is 0 Å². The largest absolute Gasteiger partial charge is 0.481 e. The Labute approximate surface area is 92.3 Å². The highest BCUT2D eigenvalue weighted by Crippen LogP contribution is 1.91. The molecule has 1 rings (SSSR count). The maximum absolute atomic E-state index is 11.2. The summed E-state index contributed by atoms with van der Waals surface area (Å²) in [6.45, 7) is 1.90. The first-order valence-electron chi connectivity index (χ1n) is 4.82. The molecule has 7 heteroatoms. The number of nitrogens with one attached hydrogen (secondary N) is 3. The number of carboxylic acids is 1. The third-order valence-electron chi connectivity index (χ3n) is 1.96. The number of nitrogens with zero attached hydrogens (tertiary/aromatic N) is 1. The standard InChI is InChI=1S/C9H14N4O3/c1-6(8(14)15)4-12-9(16)13-5-7-10-2-3-11-7/h2-3,6H,4-5H2,1H3,(H,10,11)(H,14,15)(H2,12,13,16). The van der Waals surface area contributed by atoms with Crippen molar-refractivity contribution < 1.29 is 14.7 Å². The van der Waals surface area contributed by atoms with E-state index in [4.69, 9.17) is 5.11 Å². The van der Waals surface area contributed by atoms with E-state index in [0.29, 0.717) is 5.82 Å². The second-order valence-corrected chi connectivity index (χ2v) is 3.34. The molecule has 0 aliphatic carbocycles. The Bertz CT molecular complexity index is 350. The number of aromatic amines is 1. The van der Waals surface area contributed by atoms with Gasteiger partial charge in [-0.05, 0) is 0 Å². The summed E-state index contributed by atoms with van der Waals surface area (Å²) < 4.78 is 0. The van der Waals surface area contributed by atoms with Crippen molar-refractivity contribution in [3.8, 4) is 0 Å². The van der Waals surface area contributed by atoms with Gasteiger partial charge in [-0.3, -0.25) is 4.79 Å². The average molecular weight is 226 g/mol. The Balaban J connectivity index is 2.19. The van der Waals surface area contributed by atoms with E-state index in [9.17, 15) is 9.59 Å². The number of H-pyrrole nitrogens is 1. The number of carbonyl (C=O) groups is 2. The van der Waals surface area contributed by atoms with Crippen molar-refractivity contribution in [2.75, 3.05) is 6.54 Å². The average Bonchev–Trinajstić information content (AvgIpc) is 2.75. The van der Waals surface area contributed by atoms with Crippen LogP contribution in [0.1, 0.15) is 12.7 Å². The molecule has 1 unspecified atom stereocenters. The topological polar surface area (TPSA) is 107 Å². The van der Waals surface area contributed by atoms with Crippen LogP contribution in [0.2, 0.25) is 0 Å². The Morgan fingerprint density at radius 2 is 2.31 bits per heavy atom. The molecule has 7 nitrogen and oxygen atoms in total. The first kappa shape index (κ1) is 12.0. The first-order chi connectivity index (χ1) is 7.59. The number of rotatable bonds is 5. The number of urea groups is 1. The van der Waals surface area contributed by atoms with Crippen LogP contribution in [0.5, 0.6) is 0 Å². The number of amides is 2. The van der Waals surface area contributed by atoms with Crippen molar-refractivity contribution in [1.82, 2.24) is 20.6 Å². The van der Waals surface area contributed by atoms with Crippen LogP contribution in [0.3, 0.4) is 0 Å². The summed E-state index contributed by atoms with van der Waals surface area (Å²) in [5.74, 6) is -0.901. The van der Waals surface area contributed by atoms with Crippen LogP contribution >= 0.6 is 0 Å². The zero-order valence-corrected chi connectivity index (χ0v) is 8.86. The predicted octanol–water partition coefficient (Wildman–Crippen LogP) is -0.0704. The fourth-order valence-corrected chi connectivity index (χ4v) is 0.954. The van der Waals surface area contributed by atoms with E-state index in [2.05, 4.69) is 20.6 Å². The van der Waals surface area contributed by atoms with E-state index in [1.165, 1.54) is 6.92 Å². The normalized spacial score (nSPS) is 11.8. The minimum Gasteiger partial charge on any atom is -0.481 e. The van der Waals surface area contributed by atoms with Crippen molar-refractivity contribution in [2.45, 2.75) is 13.5 Å². The van der Waals surface area contributed by atoms with Gasteiger partial charge in [0.1, 0.15) is 5.82 Å². The summed E-state index contributed by atoms with van der Waals surface area (Å²) in [5, 5.41) is 13.6. The van der Waals surface area contributed by atoms with Crippen LogP contribution in [0, 0.1) is 5.92 Å². The van der Waals surface area contributed by atoms with Gasteiger partial charge in [-0.1, -0.05) is 6.92 Å². The third-order valence-corrected chi connectivity index (χ3v) is 1.96. The van der Waals surface area contributed by atoms with E-state index in [1.54, 1.807) is 12.4 Å². The molecule has 0 radical (unpaired) electrons. The highest BCUT2D eigenvalue weighted by Gasteiger charge is 2.11. The second kappa shape index (κ2) is 5.74. The molecule has 0 saturated heterocycles. The number of aromatic nitrogens is 2. The lowest BCUT2D eigenvalue weighted by Gasteiger charge is -2.08. The molecule has 1 aromatic heterocycles. The molecule has 16 heavy (non-hydrogen) atoms. The minimum absolute atomic E-state index is 0.0965. The number of carbonyl (C=O) groups excluding carboxylic acids is 1. The molecule has 2 amide bonds. The molecule has 1 aromatic rings. The summed E-state index contributed by atoms with van der Waals surface area (Å²) in [6.07, 6.45) is 3.24. The lowest BCUT2D eigenvalue weighted by Crippen LogP contribution is -2.39. The fourth-order valence-electron chi connectivity index (χ4n) is 0.954. The second-order valence-electron chi connectivity index (χ2n) is 3.34. The monoisotopic (exact) mass is 226 g/mol. The van der Waals surface area contributed by atoms with Crippen LogP contribution in [-0.2, 0) is 11.3 Å². The fraction of sp³-hybridized carbons (Fsp3) is 0.444. The molecule has 0 fully saturated rings. The van der Waals surface area contributed by atoms with E-state index in [-0.39, 0.29) is 13.1 Å². The van der Waals surface area contributed by atoms with Crippen LogP contribution in [-0.4, -0.2) is 33.6 Å². The maximum atomic E-state index is 11.2. The van der Waals surface area contributed by atoms with Gasteiger partial charge in [0.2, 0.25) is 0 Å². The molecular formula is C9H14N4O3. The Kier molecular flexibility index (Phi) is 4.31. The van der Waals surface area contributed by atoms with E-state index < -0.39 is 17.9 Å². The SMILES string of the molecule is CC(CNC(=O)NCc1ncc[nH]1)C(=O)O. The minimum atomic E-state index is -0.939. The zero-order valence-electron chi connectivity index (χ0n) is 8.86. The molecule has 1 atom stereocenters. The molecule has 1 heterocycles. The van der Waals surface area contributed by atoms with Gasteiger partial charge in [0, 0.05) is 18.9 Å². The van der Waals surface area contributed by atoms with Crippen molar-refractivity contribution >= 4 is 12.0 Å². The van der Waals surface area contributed by atoms with Gasteiger partial charge in [0.15, 0.2) is 0 Å². The number of hydrogen-bond donors (Lipinski definition) is 4. The molecule has 0 bridgehead atoms. The summed E-state index contributed by atoms with van der Waals surface area (Å²) in [4.78, 5) is 28.4. The van der Waals surface area contributed by atoms with Crippen molar-refractivity contribution in [1.29, 1.82) is 0 Å². The van der Waals surface area contributed by atoms with Crippen LogP contribution in [0.4, 0.5) is 4.79 Å². The van der Waals surface area contributed by atoms with Gasteiger partial charge in [-0.25, -0.2) is 9.78 Å². The van der Waals surface area contributed by atoms with E-state index >= 15 is 0 Å². The maximum Gasteiger partial charge on any atom is 0.315 e. The lowest BCUT2D eigenvalue weighted by atomic mass is 10.2. The molecule has 0 saturated carbocycles. The van der Waals surface area contributed by atoms with Crippen LogP contribution in [0.25, 0.3) is 0 Å². The molecule has 0 aromatic carbocycles. The van der Waals surface area contributed by atoms with Gasteiger partial charge < -0.3 is 20.7 Å². The van der Waals surface area contributed by atoms with Crippen LogP contribution < -0.4 is 10.6 Å². The number of imidazole rings is 1. The van der Waals surface area contributed by atoms with E-state index in [1.807, 2.05) is 0 Å². The summed E-state index contributed by atoms with van der Waals surface area (Å²) >= 11 is 0. The highest BCUT2D eigenvalue weighted by atomic mass is 16.4. The predicted molar refractivity (Wildman–Crippen MR) is 55.6 cm³/mol. The summed E-state index contributed by atoms with van der Waals surface area (Å²) in [6, 6.07) is -0.412. The Hall–Kier alpha value is -2.05. The Morgan fingerprint density at radius 3 is 2.88 bits per heavy atom. The van der Waals surface area contributed by atoms with Gasteiger partial charge >= 0.3 is 12.0 Å². The van der Waals surface area contributed by atoms with Gasteiger partial charge in [-0.2, -0.15) is 0 Å². The Morgan fingerprint density at radius 1 is 1.56 bits per heavy atom. The quantitative estimate of drug-likeness (QED) is 0.563. The van der Waals surface area contributed by atoms with Gasteiger partial charge in [-0.15, -0.1) is 0 Å². The third kappa shape index (κ3) is 3.99. The van der Waals surface area contributed by atoms with Crippen LogP contribution in [0.15, 0.2) is 12.4 Å². The summed E-state index contributed by atoms with van der Waals surface area (Å²) in [5.41, 5.74) is 0. The smallest absolute Gasteiger partial charge is 0.315 e.